The van der Waals surface area contributed by atoms with Gasteiger partial charge in [-0.05, 0) is 80.9 Å². The molecule has 1 saturated carbocycles. The molecular formula is C42H62F2N2O10. The van der Waals surface area contributed by atoms with E-state index >= 15 is 0 Å². The van der Waals surface area contributed by atoms with E-state index in [-0.39, 0.29) is 37.9 Å². The summed E-state index contributed by atoms with van der Waals surface area (Å²) in [6.45, 7) is 8.16. The van der Waals surface area contributed by atoms with Crippen LogP contribution in [0.1, 0.15) is 91.0 Å². The monoisotopic (exact) mass is 792 g/mol. The van der Waals surface area contributed by atoms with Gasteiger partial charge in [0.15, 0.2) is 17.7 Å². The van der Waals surface area contributed by atoms with Gasteiger partial charge in [-0.25, -0.2) is 14.0 Å². The molecule has 0 radical (unpaired) electrons. The summed E-state index contributed by atoms with van der Waals surface area (Å²) >= 11 is 0. The van der Waals surface area contributed by atoms with E-state index in [0.717, 1.165) is 5.75 Å². The van der Waals surface area contributed by atoms with E-state index in [1.807, 2.05) is 50.3 Å². The molecule has 2 aromatic rings. The Morgan fingerprint density at radius 3 is 2.30 bits per heavy atom. The minimum atomic E-state index is -1.00. The van der Waals surface area contributed by atoms with Crippen molar-refractivity contribution in [3.63, 3.8) is 0 Å². The number of allylic oxidation sites excluding steroid dienone is 3. The lowest BCUT2D eigenvalue weighted by atomic mass is 10.1. The Bertz CT molecular complexity index is 1380. The van der Waals surface area contributed by atoms with Crippen LogP contribution < -0.4 is 19.5 Å². The number of hydrogen-bond acceptors (Lipinski definition) is 10. The number of ether oxygens (including phenoxy) is 4. The van der Waals surface area contributed by atoms with Crippen molar-refractivity contribution in [1.29, 1.82) is 0 Å². The number of unbranched alkanes of at least 4 members (excludes halogenated alkanes) is 3. The Hall–Kier alpha value is -5.27. The van der Waals surface area contributed by atoms with Gasteiger partial charge >= 0.3 is 11.9 Å². The summed E-state index contributed by atoms with van der Waals surface area (Å²) in [6.07, 6.45) is 19.8. The van der Waals surface area contributed by atoms with Crippen LogP contribution in [0.2, 0.25) is 0 Å². The number of carbonyl (C=O) groups is 3. The quantitative estimate of drug-likeness (QED) is 0.0189. The fourth-order valence-corrected chi connectivity index (χ4v) is 4.55. The van der Waals surface area contributed by atoms with Crippen LogP contribution in [-0.2, 0) is 24.0 Å². The fraction of sp³-hybridized carbons (Fsp3) is 0.500. The number of rotatable bonds is 21. The largest absolute Gasteiger partial charge is 0.493 e. The van der Waals surface area contributed by atoms with Crippen LogP contribution in [0.25, 0.3) is 6.08 Å². The third kappa shape index (κ3) is 30.1. The molecule has 0 aliphatic heterocycles. The third-order valence-electron chi connectivity index (χ3n) is 7.24. The molecule has 0 heterocycles. The number of hydrogen-bond donors (Lipinski definition) is 1. The van der Waals surface area contributed by atoms with E-state index in [9.17, 15) is 33.3 Å². The molecule has 1 aliphatic rings. The summed E-state index contributed by atoms with van der Waals surface area (Å²) in [5.41, 5.74) is 0.596. The van der Waals surface area contributed by atoms with Crippen LogP contribution in [0.4, 0.5) is 8.78 Å². The molecule has 3 rings (SSSR count). The first kappa shape index (κ1) is 52.8. The number of nitrogens with one attached hydrogen (secondary N) is 1. The van der Waals surface area contributed by atoms with E-state index in [0.29, 0.717) is 37.9 Å². The predicted molar refractivity (Wildman–Crippen MR) is 216 cm³/mol. The summed E-state index contributed by atoms with van der Waals surface area (Å²) in [5, 5.41) is 11.3. The highest BCUT2D eigenvalue weighted by atomic mass is 19.1. The maximum atomic E-state index is 13.5. The van der Waals surface area contributed by atoms with Crippen molar-refractivity contribution >= 4 is 24.4 Å². The zero-order chi connectivity index (χ0) is 42.2. The second kappa shape index (κ2) is 38.0. The summed E-state index contributed by atoms with van der Waals surface area (Å²) in [7, 11) is 1.89. The molecule has 56 heavy (non-hydrogen) atoms. The highest BCUT2D eigenvalue weighted by Crippen LogP contribution is 2.29. The van der Waals surface area contributed by atoms with Crippen LogP contribution in [0.15, 0.2) is 78.9 Å². The molecule has 2 aromatic carbocycles. The first-order valence-electron chi connectivity index (χ1n) is 18.9. The van der Waals surface area contributed by atoms with Gasteiger partial charge in [0.05, 0.1) is 27.5 Å². The van der Waals surface area contributed by atoms with Crippen LogP contribution in [-0.4, -0.2) is 70.3 Å². The van der Waals surface area contributed by atoms with Crippen molar-refractivity contribution in [3.8, 4) is 17.2 Å². The van der Waals surface area contributed by atoms with E-state index in [4.69, 9.17) is 18.9 Å². The van der Waals surface area contributed by atoms with Crippen molar-refractivity contribution in [3.05, 3.63) is 94.6 Å². The maximum Gasteiger partial charge on any atom is 0.330 e. The molecule has 0 spiro atoms. The zero-order valence-corrected chi connectivity index (χ0v) is 33.8. The molecule has 1 atom stereocenters. The molecule has 14 heteroatoms. The van der Waals surface area contributed by atoms with Gasteiger partial charge in [0.25, 0.3) is 5.09 Å². The Morgan fingerprint density at radius 1 is 1.02 bits per heavy atom. The zero-order valence-electron chi connectivity index (χ0n) is 33.8. The van der Waals surface area contributed by atoms with Crippen molar-refractivity contribution in [2.75, 3.05) is 40.7 Å². The lowest BCUT2D eigenvalue weighted by Crippen LogP contribution is -2.25. The standard InChI is InChI=1S/C17H20N2O9.C15H19FO.C7H14.C2H6.CH3F/c1-25-15-10-13(4-6-14(15)28-17(22)11-18-12-20)5-7-16(21)26-8-2-3-9-27-19(23)24;16-14(11-10-13-6-4-5-7-13)12-17-15-8-2-1-3-9-15;1-3-5-7-6-4-2;2*1-2/h4-7,10,12H,2-3,8-9,11H2,1H3,(H,18,20);1-3,8-11,13-14H,4-7,12H2;3,5H,4,6-7H2,1-2H3;1-2H3;1H3/b7-5+;11-10+;5-3-;;. The lowest BCUT2D eigenvalue weighted by molar-refractivity contribution is -0.757. The number of amides is 1. The van der Waals surface area contributed by atoms with E-state index in [1.54, 1.807) is 18.2 Å². The molecule has 314 valence electrons. The van der Waals surface area contributed by atoms with Gasteiger partial charge in [0, 0.05) is 6.08 Å². The van der Waals surface area contributed by atoms with Crippen molar-refractivity contribution < 1.29 is 52.0 Å². The molecule has 1 amide bonds. The molecule has 1 aliphatic carbocycles. The molecule has 0 aromatic heterocycles. The van der Waals surface area contributed by atoms with Crippen LogP contribution >= 0.6 is 0 Å². The molecule has 1 unspecified atom stereocenters. The molecular weight excluding hydrogens is 730 g/mol. The Balaban J connectivity index is 0. The van der Waals surface area contributed by atoms with Gasteiger partial charge < -0.3 is 29.1 Å². The summed E-state index contributed by atoms with van der Waals surface area (Å²) in [6, 6.07) is 14.0. The molecule has 0 bridgehead atoms. The van der Waals surface area contributed by atoms with Gasteiger partial charge in [-0.3, -0.25) is 9.18 Å². The fourth-order valence-electron chi connectivity index (χ4n) is 4.55. The Morgan fingerprint density at radius 2 is 1.70 bits per heavy atom. The van der Waals surface area contributed by atoms with Crippen molar-refractivity contribution in [2.45, 2.75) is 91.7 Å². The molecule has 0 saturated heterocycles. The summed E-state index contributed by atoms with van der Waals surface area (Å²) in [4.78, 5) is 47.4. The van der Waals surface area contributed by atoms with E-state index < -0.39 is 23.2 Å². The Labute approximate surface area is 331 Å². The smallest absolute Gasteiger partial charge is 0.330 e. The van der Waals surface area contributed by atoms with Gasteiger partial charge in [-0.2, -0.15) is 0 Å². The number of benzene rings is 2. The number of esters is 2. The number of halogens is 2. The first-order chi connectivity index (χ1) is 27.2. The van der Waals surface area contributed by atoms with Crippen molar-refractivity contribution in [1.82, 2.24) is 5.32 Å². The van der Waals surface area contributed by atoms with Gasteiger partial charge in [-0.15, -0.1) is 10.1 Å². The second-order valence-electron chi connectivity index (χ2n) is 11.4. The van der Waals surface area contributed by atoms with Crippen molar-refractivity contribution in [2.24, 2.45) is 5.92 Å². The highest BCUT2D eigenvalue weighted by Gasteiger charge is 2.13. The minimum absolute atomic E-state index is 0.0533. The van der Waals surface area contributed by atoms with E-state index in [1.165, 1.54) is 70.3 Å². The first-order valence-corrected chi connectivity index (χ1v) is 18.9. The summed E-state index contributed by atoms with van der Waals surface area (Å²) in [5.74, 6) is 0.498. The number of carbonyl (C=O) groups excluding carboxylic acids is 3. The SMILES string of the molecule is C/C=C\CCCC.CC.CF.COc1cc(/C=C/C(=O)OCCCCO[N+](=O)[O-])ccc1OC(=O)CNC=O.FC(/C=C/C1CCCC1)COc1ccccc1. The molecule has 12 nitrogen and oxygen atoms in total. The Kier molecular flexibility index (Phi) is 35.9. The average molecular weight is 793 g/mol. The molecule has 1 fully saturated rings. The lowest BCUT2D eigenvalue weighted by Gasteiger charge is -2.09. The maximum absolute atomic E-state index is 13.5. The van der Waals surface area contributed by atoms with Crippen LogP contribution in [0.3, 0.4) is 0 Å². The van der Waals surface area contributed by atoms with Gasteiger partial charge in [0.1, 0.15) is 18.9 Å². The molecule has 1 N–H and O–H groups in total. The second-order valence-corrected chi connectivity index (χ2v) is 11.4. The third-order valence-corrected chi connectivity index (χ3v) is 7.24. The number of alkyl halides is 2. The highest BCUT2D eigenvalue weighted by molar-refractivity contribution is 5.87. The predicted octanol–water partition coefficient (Wildman–Crippen LogP) is 9.41. The van der Waals surface area contributed by atoms with Crippen LogP contribution in [0.5, 0.6) is 17.2 Å². The van der Waals surface area contributed by atoms with Crippen LogP contribution in [0, 0.1) is 16.0 Å². The number of para-hydroxylation sites is 1. The van der Waals surface area contributed by atoms with Gasteiger partial charge in [-0.1, -0.05) is 95.0 Å². The van der Waals surface area contributed by atoms with Gasteiger partial charge in [0.2, 0.25) is 6.41 Å². The average Bonchev–Trinajstić information content (AvgIpc) is 3.76. The minimum Gasteiger partial charge on any atom is -0.493 e. The summed E-state index contributed by atoms with van der Waals surface area (Å²) < 4.78 is 43.5. The topological polar surface area (TPSA) is 153 Å². The number of nitrogens with zero attached hydrogens (tertiary/aromatic N) is 1. The number of methoxy groups -OCH3 is 1. The normalized spacial score (nSPS) is 12.3. The van der Waals surface area contributed by atoms with E-state index in [2.05, 4.69) is 36.2 Å².